The van der Waals surface area contributed by atoms with Crippen LogP contribution in [0.4, 0.5) is 4.79 Å². The highest BCUT2D eigenvalue weighted by Crippen LogP contribution is 2.54. The third-order valence-electron chi connectivity index (χ3n) is 5.53. The molecule has 3 saturated carbocycles. The summed E-state index contributed by atoms with van der Waals surface area (Å²) in [5.74, 6) is 1.18. The Kier molecular flexibility index (Phi) is 5.46. The molecular weight excluding hydrogens is 398 g/mol. The molecule has 1 aromatic rings. The lowest BCUT2D eigenvalue weighted by Crippen LogP contribution is -2.57. The van der Waals surface area contributed by atoms with E-state index in [1.165, 1.54) is 29.9 Å². The zero-order chi connectivity index (χ0) is 18.1. The molecular formula is C20H28BrNO2S. The molecule has 1 aromatic carbocycles. The number of halogens is 1. The van der Waals surface area contributed by atoms with Crippen LogP contribution in [-0.4, -0.2) is 23.0 Å². The maximum Gasteiger partial charge on any atom is 0.408 e. The van der Waals surface area contributed by atoms with Crippen LogP contribution in [-0.2, 0) is 4.74 Å². The summed E-state index contributed by atoms with van der Waals surface area (Å²) in [7, 11) is 0. The number of alkyl carbamates (subject to hydrolysis) is 1. The van der Waals surface area contributed by atoms with Gasteiger partial charge in [0.05, 0.1) is 0 Å². The molecule has 0 spiro atoms. The van der Waals surface area contributed by atoms with Crippen molar-refractivity contribution < 1.29 is 9.53 Å². The first-order valence-electron chi connectivity index (χ1n) is 9.09. The predicted octanol–water partition coefficient (Wildman–Crippen LogP) is 6.16. The minimum Gasteiger partial charge on any atom is -0.444 e. The number of hydrogen-bond acceptors (Lipinski definition) is 3. The van der Waals surface area contributed by atoms with Crippen LogP contribution < -0.4 is 5.32 Å². The monoisotopic (exact) mass is 425 g/mol. The molecule has 25 heavy (non-hydrogen) atoms. The van der Waals surface area contributed by atoms with E-state index in [1.54, 1.807) is 0 Å². The largest absolute Gasteiger partial charge is 0.444 e. The zero-order valence-corrected chi connectivity index (χ0v) is 17.8. The van der Waals surface area contributed by atoms with E-state index in [2.05, 4.69) is 45.5 Å². The van der Waals surface area contributed by atoms with Crippen LogP contribution in [0, 0.1) is 5.41 Å². The molecule has 5 heteroatoms. The van der Waals surface area contributed by atoms with Crippen molar-refractivity contribution in [3.05, 3.63) is 28.7 Å². The van der Waals surface area contributed by atoms with Crippen molar-refractivity contribution in [2.75, 3.05) is 5.75 Å². The third-order valence-corrected chi connectivity index (χ3v) is 7.42. The summed E-state index contributed by atoms with van der Waals surface area (Å²) in [5.41, 5.74) is -0.0312. The second-order valence-corrected chi connectivity index (χ2v) is 10.6. The topological polar surface area (TPSA) is 38.3 Å². The van der Waals surface area contributed by atoms with E-state index in [0.29, 0.717) is 5.41 Å². The SMILES string of the molecule is CC(C)(C)OC(=O)NC12CCC(CSc3ccc(Br)cc3)(CC1)CC2. The quantitative estimate of drug-likeness (QED) is 0.586. The molecule has 4 rings (SSSR count). The highest BCUT2D eigenvalue weighted by Gasteiger charge is 2.49. The van der Waals surface area contributed by atoms with Gasteiger partial charge in [0.2, 0.25) is 0 Å². The van der Waals surface area contributed by atoms with Crippen LogP contribution in [0.25, 0.3) is 0 Å². The summed E-state index contributed by atoms with van der Waals surface area (Å²) in [6.45, 7) is 5.74. The fourth-order valence-corrected chi connectivity index (χ4v) is 5.45. The van der Waals surface area contributed by atoms with Gasteiger partial charge >= 0.3 is 6.09 Å². The molecule has 0 heterocycles. The number of fused-ring (bicyclic) bond motifs is 3. The minimum atomic E-state index is -0.435. The maximum absolute atomic E-state index is 12.2. The van der Waals surface area contributed by atoms with E-state index in [0.717, 1.165) is 23.7 Å². The summed E-state index contributed by atoms with van der Waals surface area (Å²) in [6, 6.07) is 8.59. The normalized spacial score (nSPS) is 28.6. The van der Waals surface area contributed by atoms with Crippen LogP contribution in [0.1, 0.15) is 59.3 Å². The maximum atomic E-state index is 12.2. The first kappa shape index (κ1) is 19.1. The van der Waals surface area contributed by atoms with Gasteiger partial charge in [0, 0.05) is 20.7 Å². The molecule has 138 valence electrons. The van der Waals surface area contributed by atoms with Gasteiger partial charge < -0.3 is 10.1 Å². The number of rotatable bonds is 4. The van der Waals surface area contributed by atoms with Crippen molar-refractivity contribution in [2.45, 2.75) is 75.3 Å². The molecule has 1 N–H and O–H groups in total. The highest BCUT2D eigenvalue weighted by atomic mass is 79.9. The molecule has 1 amide bonds. The van der Waals surface area contributed by atoms with Crippen molar-refractivity contribution in [3.8, 4) is 0 Å². The molecule has 3 fully saturated rings. The van der Waals surface area contributed by atoms with Crippen molar-refractivity contribution in [2.24, 2.45) is 5.41 Å². The molecule has 0 saturated heterocycles. The molecule has 0 atom stereocenters. The highest BCUT2D eigenvalue weighted by molar-refractivity contribution is 9.10. The van der Waals surface area contributed by atoms with Crippen LogP contribution >= 0.6 is 27.7 Å². The lowest BCUT2D eigenvalue weighted by Gasteiger charge is -2.53. The molecule has 0 aliphatic heterocycles. The third kappa shape index (κ3) is 4.94. The second-order valence-electron chi connectivity index (χ2n) is 8.65. The van der Waals surface area contributed by atoms with Crippen molar-refractivity contribution in [1.82, 2.24) is 5.32 Å². The number of ether oxygens (including phenoxy) is 1. The Balaban J connectivity index is 1.53. The van der Waals surface area contributed by atoms with Crippen LogP contribution in [0.2, 0.25) is 0 Å². The molecule has 0 radical (unpaired) electrons. The number of benzene rings is 1. The van der Waals surface area contributed by atoms with E-state index in [4.69, 9.17) is 4.74 Å². The van der Waals surface area contributed by atoms with Gasteiger partial charge in [0.1, 0.15) is 5.60 Å². The Hall–Kier alpha value is -0.680. The summed E-state index contributed by atoms with van der Waals surface area (Å²) in [5, 5.41) is 3.20. The average Bonchev–Trinajstić information content (AvgIpc) is 2.54. The Morgan fingerprint density at radius 2 is 1.68 bits per heavy atom. The van der Waals surface area contributed by atoms with Crippen LogP contribution in [0.5, 0.6) is 0 Å². The second kappa shape index (κ2) is 7.15. The Labute approximate surface area is 163 Å². The van der Waals surface area contributed by atoms with Gasteiger partial charge in [0.25, 0.3) is 0 Å². The fraction of sp³-hybridized carbons (Fsp3) is 0.650. The van der Waals surface area contributed by atoms with E-state index < -0.39 is 5.60 Å². The van der Waals surface area contributed by atoms with Gasteiger partial charge in [-0.3, -0.25) is 0 Å². The molecule has 0 aromatic heterocycles. The van der Waals surface area contributed by atoms with Gasteiger partial charge in [-0.05, 0) is 89.0 Å². The van der Waals surface area contributed by atoms with E-state index >= 15 is 0 Å². The number of thioether (sulfide) groups is 1. The Morgan fingerprint density at radius 1 is 1.12 bits per heavy atom. The van der Waals surface area contributed by atoms with Gasteiger partial charge in [0.15, 0.2) is 0 Å². The molecule has 0 unspecified atom stereocenters. The summed E-state index contributed by atoms with van der Waals surface area (Å²) >= 11 is 5.46. The van der Waals surface area contributed by atoms with Crippen LogP contribution in [0.15, 0.2) is 33.6 Å². The number of nitrogens with one attached hydrogen (secondary N) is 1. The van der Waals surface area contributed by atoms with E-state index in [9.17, 15) is 4.79 Å². The van der Waals surface area contributed by atoms with Gasteiger partial charge in [-0.25, -0.2) is 4.79 Å². The fourth-order valence-electron chi connectivity index (χ4n) is 3.95. The minimum absolute atomic E-state index is 0.0354. The van der Waals surface area contributed by atoms with Crippen LogP contribution in [0.3, 0.4) is 0 Å². The van der Waals surface area contributed by atoms with Crippen molar-refractivity contribution >= 4 is 33.8 Å². The van der Waals surface area contributed by atoms with E-state index in [1.807, 2.05) is 32.5 Å². The molecule has 3 aliphatic rings. The number of carbonyl (C=O) groups excluding carboxylic acids is 1. The number of hydrogen-bond donors (Lipinski definition) is 1. The lowest BCUT2D eigenvalue weighted by molar-refractivity contribution is 0.0132. The summed E-state index contributed by atoms with van der Waals surface area (Å²) in [4.78, 5) is 13.5. The van der Waals surface area contributed by atoms with E-state index in [-0.39, 0.29) is 11.6 Å². The first-order valence-corrected chi connectivity index (χ1v) is 10.9. The van der Waals surface area contributed by atoms with Gasteiger partial charge in [-0.1, -0.05) is 15.9 Å². The van der Waals surface area contributed by atoms with Crippen molar-refractivity contribution in [3.63, 3.8) is 0 Å². The zero-order valence-electron chi connectivity index (χ0n) is 15.4. The molecule has 2 bridgehead atoms. The lowest BCUT2D eigenvalue weighted by atomic mass is 9.58. The smallest absolute Gasteiger partial charge is 0.408 e. The van der Waals surface area contributed by atoms with Gasteiger partial charge in [-0.2, -0.15) is 0 Å². The standard InChI is InChI=1S/C20H28BrNO2S/c1-18(2,3)24-17(23)22-20-11-8-19(9-12-20,10-13-20)14-25-16-6-4-15(21)5-7-16/h4-7H,8-14H2,1-3H3,(H,22,23). The molecule has 3 nitrogen and oxygen atoms in total. The van der Waals surface area contributed by atoms with Gasteiger partial charge in [-0.15, -0.1) is 11.8 Å². The summed E-state index contributed by atoms with van der Waals surface area (Å²) < 4.78 is 6.59. The Bertz CT molecular complexity index is 599. The first-order chi connectivity index (χ1) is 11.7. The molecule has 3 aliphatic carbocycles. The number of amides is 1. The summed E-state index contributed by atoms with van der Waals surface area (Å²) in [6.07, 6.45) is 6.57. The predicted molar refractivity (Wildman–Crippen MR) is 107 cm³/mol. The Morgan fingerprint density at radius 3 is 2.20 bits per heavy atom. The number of carbonyl (C=O) groups is 1. The average molecular weight is 426 g/mol. The van der Waals surface area contributed by atoms with Crippen molar-refractivity contribution in [1.29, 1.82) is 0 Å².